The molecule has 1 amide bonds. The predicted octanol–water partition coefficient (Wildman–Crippen LogP) is 2.50. The molecule has 8 nitrogen and oxygen atoms in total. The lowest BCUT2D eigenvalue weighted by molar-refractivity contribution is -0.122. The van der Waals surface area contributed by atoms with Crippen LogP contribution < -0.4 is 15.0 Å². The van der Waals surface area contributed by atoms with Crippen molar-refractivity contribution in [2.75, 3.05) is 49.6 Å². The van der Waals surface area contributed by atoms with E-state index < -0.39 is 16.1 Å². The topological polar surface area (TPSA) is 88.2 Å². The van der Waals surface area contributed by atoms with Crippen molar-refractivity contribution >= 4 is 27.3 Å². The van der Waals surface area contributed by atoms with Crippen molar-refractivity contribution in [2.24, 2.45) is 0 Å². The molecular weight excluding hydrogens is 430 g/mol. The third-order valence-electron chi connectivity index (χ3n) is 5.88. The first-order valence-corrected chi connectivity index (χ1v) is 12.4. The Labute approximate surface area is 189 Å². The number of fused-ring (bicyclic) bond motifs is 1. The third kappa shape index (κ3) is 4.46. The summed E-state index contributed by atoms with van der Waals surface area (Å²) in [5.41, 5.74) is 2.23. The number of nitrogens with one attached hydrogen (secondary N) is 1. The lowest BCUT2D eigenvalue weighted by atomic mass is 10.1. The predicted molar refractivity (Wildman–Crippen MR) is 123 cm³/mol. The van der Waals surface area contributed by atoms with E-state index in [0.29, 0.717) is 44.2 Å². The normalized spacial score (nSPS) is 18.6. The summed E-state index contributed by atoms with van der Waals surface area (Å²) in [6.07, 6.45) is -0.176. The molecule has 2 aliphatic rings. The minimum Gasteiger partial charge on any atom is -0.480 e. The number of morpholine rings is 1. The Balaban J connectivity index is 1.62. The average Bonchev–Trinajstić information content (AvgIpc) is 3.26. The van der Waals surface area contributed by atoms with Crippen molar-refractivity contribution in [3.8, 4) is 5.75 Å². The van der Waals surface area contributed by atoms with Gasteiger partial charge in [-0.05, 0) is 43.7 Å². The van der Waals surface area contributed by atoms with Crippen LogP contribution in [0, 0.1) is 0 Å². The zero-order chi connectivity index (χ0) is 22.7. The van der Waals surface area contributed by atoms with Gasteiger partial charge in [-0.3, -0.25) is 4.79 Å². The van der Waals surface area contributed by atoms with Crippen molar-refractivity contribution < 1.29 is 22.7 Å². The SMILES string of the molecule is CCN(CC)c1ccc(S(=O)(=O)N2CCOCC2)cc1NC(=O)C1Cc2ccccc2O1. The fourth-order valence-electron chi connectivity index (χ4n) is 4.09. The average molecular weight is 460 g/mol. The molecule has 1 N–H and O–H groups in total. The lowest BCUT2D eigenvalue weighted by Gasteiger charge is -2.28. The summed E-state index contributed by atoms with van der Waals surface area (Å²) in [5.74, 6) is 0.413. The number of ether oxygens (including phenoxy) is 2. The number of sulfonamides is 1. The van der Waals surface area contributed by atoms with E-state index in [9.17, 15) is 13.2 Å². The Morgan fingerprint density at radius 2 is 1.84 bits per heavy atom. The van der Waals surface area contributed by atoms with E-state index in [1.165, 1.54) is 4.31 Å². The van der Waals surface area contributed by atoms with Crippen molar-refractivity contribution in [3.63, 3.8) is 0 Å². The molecule has 1 fully saturated rings. The number of hydrogen-bond donors (Lipinski definition) is 1. The minimum absolute atomic E-state index is 0.154. The first kappa shape index (κ1) is 22.6. The van der Waals surface area contributed by atoms with Crippen LogP contribution in [0.4, 0.5) is 11.4 Å². The maximum absolute atomic E-state index is 13.2. The fourth-order valence-corrected chi connectivity index (χ4v) is 5.53. The van der Waals surface area contributed by atoms with Gasteiger partial charge in [0.15, 0.2) is 6.10 Å². The number of carbonyl (C=O) groups is 1. The van der Waals surface area contributed by atoms with Gasteiger partial charge >= 0.3 is 0 Å². The maximum atomic E-state index is 13.2. The Morgan fingerprint density at radius 3 is 2.53 bits per heavy atom. The monoisotopic (exact) mass is 459 g/mol. The second-order valence-corrected chi connectivity index (χ2v) is 9.71. The molecule has 172 valence electrons. The van der Waals surface area contributed by atoms with Crippen LogP contribution in [0.15, 0.2) is 47.4 Å². The highest BCUT2D eigenvalue weighted by molar-refractivity contribution is 7.89. The van der Waals surface area contributed by atoms with Crippen LogP contribution >= 0.6 is 0 Å². The van der Waals surface area contributed by atoms with Crippen LogP contribution in [0.3, 0.4) is 0 Å². The molecule has 2 heterocycles. The maximum Gasteiger partial charge on any atom is 0.265 e. The summed E-state index contributed by atoms with van der Waals surface area (Å²) in [4.78, 5) is 15.3. The fraction of sp³-hybridized carbons (Fsp3) is 0.435. The molecule has 2 aliphatic heterocycles. The van der Waals surface area contributed by atoms with Crippen molar-refractivity contribution in [1.29, 1.82) is 0 Å². The van der Waals surface area contributed by atoms with Gasteiger partial charge < -0.3 is 19.7 Å². The molecule has 2 aromatic rings. The Morgan fingerprint density at radius 1 is 1.12 bits per heavy atom. The van der Waals surface area contributed by atoms with Gasteiger partial charge in [0.25, 0.3) is 5.91 Å². The smallest absolute Gasteiger partial charge is 0.265 e. The molecule has 32 heavy (non-hydrogen) atoms. The number of carbonyl (C=O) groups excluding carboxylic acids is 1. The number of rotatable bonds is 7. The van der Waals surface area contributed by atoms with Crippen LogP contribution in [0.2, 0.25) is 0 Å². The molecule has 1 unspecified atom stereocenters. The lowest BCUT2D eigenvalue weighted by Crippen LogP contribution is -2.40. The van der Waals surface area contributed by atoms with E-state index >= 15 is 0 Å². The van der Waals surface area contributed by atoms with Crippen LogP contribution in [-0.2, 0) is 26.0 Å². The summed E-state index contributed by atoms with van der Waals surface area (Å²) in [5, 5.41) is 2.94. The first-order valence-electron chi connectivity index (χ1n) is 11.0. The Bertz CT molecular complexity index is 1050. The number of para-hydroxylation sites is 1. The highest BCUT2D eigenvalue weighted by Gasteiger charge is 2.31. The van der Waals surface area contributed by atoms with Gasteiger partial charge in [0.1, 0.15) is 5.75 Å². The van der Waals surface area contributed by atoms with Gasteiger partial charge in [-0.2, -0.15) is 4.31 Å². The summed E-state index contributed by atoms with van der Waals surface area (Å²) in [6, 6.07) is 12.5. The Kier molecular flexibility index (Phi) is 6.68. The standard InChI is InChI=1S/C23H29N3O5S/c1-3-25(4-2)20-10-9-18(32(28,29)26-11-13-30-14-12-26)16-19(20)24-23(27)22-15-17-7-5-6-8-21(17)31-22/h5-10,16,22H,3-4,11-15H2,1-2H3,(H,24,27). The highest BCUT2D eigenvalue weighted by atomic mass is 32.2. The summed E-state index contributed by atoms with van der Waals surface area (Å²) in [6.45, 7) is 6.86. The molecule has 0 spiro atoms. The first-order chi connectivity index (χ1) is 15.4. The molecule has 0 aromatic heterocycles. The van der Waals surface area contributed by atoms with E-state index in [2.05, 4.69) is 10.2 Å². The van der Waals surface area contributed by atoms with E-state index in [1.54, 1.807) is 18.2 Å². The minimum atomic E-state index is -3.69. The zero-order valence-corrected chi connectivity index (χ0v) is 19.2. The molecule has 9 heteroatoms. The molecule has 0 radical (unpaired) electrons. The van der Waals surface area contributed by atoms with Crippen LogP contribution in [0.1, 0.15) is 19.4 Å². The second kappa shape index (κ2) is 9.48. The van der Waals surface area contributed by atoms with Crippen molar-refractivity contribution in [3.05, 3.63) is 48.0 Å². The third-order valence-corrected chi connectivity index (χ3v) is 7.77. The molecule has 0 aliphatic carbocycles. The molecule has 2 aromatic carbocycles. The highest BCUT2D eigenvalue weighted by Crippen LogP contribution is 2.33. The van der Waals surface area contributed by atoms with Crippen LogP contribution in [0.5, 0.6) is 5.75 Å². The quantitative estimate of drug-likeness (QED) is 0.685. The number of hydrogen-bond acceptors (Lipinski definition) is 6. The van der Waals surface area contributed by atoms with Crippen LogP contribution in [0.25, 0.3) is 0 Å². The number of amides is 1. The van der Waals surface area contributed by atoms with Gasteiger partial charge in [-0.15, -0.1) is 0 Å². The second-order valence-electron chi connectivity index (χ2n) is 7.78. The van der Waals surface area contributed by atoms with Gasteiger partial charge in [0.2, 0.25) is 10.0 Å². The van der Waals surface area contributed by atoms with Crippen molar-refractivity contribution in [1.82, 2.24) is 4.31 Å². The van der Waals surface area contributed by atoms with Gasteiger partial charge in [0.05, 0.1) is 29.5 Å². The van der Waals surface area contributed by atoms with Crippen LogP contribution in [-0.4, -0.2) is 64.1 Å². The number of benzene rings is 2. The Hall–Kier alpha value is -2.62. The van der Waals surface area contributed by atoms with E-state index in [1.807, 2.05) is 38.1 Å². The van der Waals surface area contributed by atoms with Gasteiger partial charge in [-0.25, -0.2) is 8.42 Å². The molecule has 1 saturated heterocycles. The summed E-state index contributed by atoms with van der Waals surface area (Å²) in [7, 11) is -3.69. The van der Waals surface area contributed by atoms with E-state index in [4.69, 9.17) is 9.47 Å². The summed E-state index contributed by atoms with van der Waals surface area (Å²) < 4.78 is 38.9. The molecule has 0 saturated carbocycles. The molecule has 0 bridgehead atoms. The van der Waals surface area contributed by atoms with E-state index in [-0.39, 0.29) is 10.8 Å². The molecular formula is C23H29N3O5S. The number of anilines is 2. The van der Waals surface area contributed by atoms with Gasteiger partial charge in [0, 0.05) is 32.6 Å². The van der Waals surface area contributed by atoms with Gasteiger partial charge in [-0.1, -0.05) is 18.2 Å². The number of nitrogens with zero attached hydrogens (tertiary/aromatic N) is 2. The van der Waals surface area contributed by atoms with Crippen molar-refractivity contribution in [2.45, 2.75) is 31.3 Å². The summed E-state index contributed by atoms with van der Waals surface area (Å²) >= 11 is 0. The van der Waals surface area contributed by atoms with E-state index in [0.717, 1.165) is 24.3 Å². The molecule has 4 rings (SSSR count). The zero-order valence-electron chi connectivity index (χ0n) is 18.4. The largest absolute Gasteiger partial charge is 0.480 e. The molecule has 1 atom stereocenters.